The van der Waals surface area contributed by atoms with Gasteiger partial charge in [0.05, 0.1) is 5.52 Å². The molecule has 27 heavy (non-hydrogen) atoms. The zero-order valence-electron chi connectivity index (χ0n) is 16.4. The predicted octanol–water partition coefficient (Wildman–Crippen LogP) is 3.64. The van der Waals surface area contributed by atoms with E-state index in [1.165, 1.54) is 5.56 Å². The smallest absolute Gasteiger partial charge is 0.303 e. The minimum absolute atomic E-state index is 0.0213. The molecule has 1 aromatic carbocycles. The van der Waals surface area contributed by atoms with Crippen LogP contribution in [0.4, 0.5) is 0 Å². The number of carbonyl (C=O) groups excluding carboxylic acids is 1. The number of nitrogens with one attached hydrogen (secondary N) is 1. The molecule has 2 rings (SSSR count). The molecular weight excluding hydrogens is 344 g/mol. The summed E-state index contributed by atoms with van der Waals surface area (Å²) in [5, 5.41) is 9.99. The Hall–Kier alpha value is -2.34. The first kappa shape index (κ1) is 21.0. The predicted molar refractivity (Wildman–Crippen MR) is 106 cm³/mol. The Kier molecular flexibility index (Phi) is 7.85. The second-order valence-electron chi connectivity index (χ2n) is 7.04. The summed E-state index contributed by atoms with van der Waals surface area (Å²) in [6, 6.07) is 6.36. The molecule has 6 heteroatoms. The number of para-hydroxylation sites is 1. The van der Waals surface area contributed by atoms with Crippen molar-refractivity contribution in [3.8, 4) is 5.75 Å². The van der Waals surface area contributed by atoms with Gasteiger partial charge in [-0.05, 0) is 44.9 Å². The van der Waals surface area contributed by atoms with E-state index in [0.29, 0.717) is 18.2 Å². The van der Waals surface area contributed by atoms with E-state index in [0.717, 1.165) is 36.7 Å². The number of hydrogen-bond acceptors (Lipinski definition) is 4. The minimum Gasteiger partial charge on any atom is -0.488 e. The summed E-state index contributed by atoms with van der Waals surface area (Å²) < 4.78 is 5.98. The molecule has 6 nitrogen and oxygen atoms in total. The van der Waals surface area contributed by atoms with Crippen molar-refractivity contribution in [1.29, 1.82) is 0 Å². The number of carbonyl (C=O) groups is 2. The molecule has 0 aliphatic rings. The lowest BCUT2D eigenvalue weighted by Crippen LogP contribution is -2.32. The molecule has 2 aromatic rings. The van der Waals surface area contributed by atoms with Gasteiger partial charge in [0.25, 0.3) is 0 Å². The van der Waals surface area contributed by atoms with Crippen molar-refractivity contribution in [2.75, 3.05) is 13.1 Å². The van der Waals surface area contributed by atoms with Gasteiger partial charge in [-0.25, -0.2) is 0 Å². The van der Waals surface area contributed by atoms with Gasteiger partial charge in [0.2, 0.25) is 0 Å². The fraction of sp³-hybridized carbons (Fsp3) is 0.524. The minimum atomic E-state index is -0.888. The van der Waals surface area contributed by atoms with Crippen molar-refractivity contribution in [2.45, 2.75) is 58.6 Å². The van der Waals surface area contributed by atoms with Crippen LogP contribution in [0, 0.1) is 0 Å². The fourth-order valence-corrected chi connectivity index (χ4v) is 3.33. The number of fused-ring (bicyclic) bond motifs is 1. The maximum atomic E-state index is 10.9. The molecule has 1 atom stereocenters. The number of aromatic nitrogens is 1. The number of aliphatic carboxylic acids is 1. The summed E-state index contributed by atoms with van der Waals surface area (Å²) in [5.41, 5.74) is 2.12. The Balaban J connectivity index is 2.15. The molecule has 0 aliphatic carbocycles. The van der Waals surface area contributed by atoms with Crippen molar-refractivity contribution in [3.05, 3.63) is 30.0 Å². The topological polar surface area (TPSA) is 82.6 Å². The van der Waals surface area contributed by atoms with Gasteiger partial charge in [-0.3, -0.25) is 4.79 Å². The van der Waals surface area contributed by atoms with E-state index in [1.807, 2.05) is 18.3 Å². The summed E-state index contributed by atoms with van der Waals surface area (Å²) in [6.07, 6.45) is 3.75. The highest BCUT2D eigenvalue weighted by Gasteiger charge is 2.16. The number of aldehydes is 1. The third-order valence-corrected chi connectivity index (χ3v) is 4.90. The van der Waals surface area contributed by atoms with Crippen LogP contribution in [0.25, 0.3) is 10.9 Å². The van der Waals surface area contributed by atoms with Gasteiger partial charge in [0.1, 0.15) is 18.1 Å². The summed E-state index contributed by atoms with van der Waals surface area (Å²) in [4.78, 5) is 27.4. The van der Waals surface area contributed by atoms with Crippen LogP contribution in [0.5, 0.6) is 5.75 Å². The van der Waals surface area contributed by atoms with Gasteiger partial charge in [-0.1, -0.05) is 19.1 Å². The monoisotopic (exact) mass is 374 g/mol. The molecule has 0 aliphatic heterocycles. The number of H-pyrrole nitrogens is 1. The number of benzene rings is 1. The third-order valence-electron chi connectivity index (χ3n) is 4.90. The lowest BCUT2D eigenvalue weighted by atomic mass is 10.1. The number of aromatic amines is 1. The second-order valence-corrected chi connectivity index (χ2v) is 7.04. The first-order chi connectivity index (χ1) is 13.0. The summed E-state index contributed by atoms with van der Waals surface area (Å²) in [5.74, 6) is -0.229. The molecule has 1 heterocycles. The van der Waals surface area contributed by atoms with E-state index < -0.39 is 12.1 Å². The van der Waals surface area contributed by atoms with E-state index in [9.17, 15) is 9.59 Å². The standard InChI is InChI=1S/C21H30N2O4/c1-4-23(15(2)3)12-10-16-14-22-21-18(16)6-5-7-19(21)27-17(11-13-24)8-9-20(25)26/h5-7,13-15,17,22H,4,8-12H2,1-3H3,(H,25,26). The van der Waals surface area contributed by atoms with Gasteiger partial charge in [-0.2, -0.15) is 0 Å². The Morgan fingerprint density at radius 3 is 2.78 bits per heavy atom. The second kappa shape index (κ2) is 10.1. The molecular formula is C21H30N2O4. The largest absolute Gasteiger partial charge is 0.488 e. The molecule has 0 fully saturated rings. The molecule has 0 saturated carbocycles. The van der Waals surface area contributed by atoms with Crippen LogP contribution in [0.1, 0.15) is 45.6 Å². The number of likely N-dealkylation sites (N-methyl/N-ethyl adjacent to an activating group) is 1. The van der Waals surface area contributed by atoms with E-state index in [-0.39, 0.29) is 12.8 Å². The number of nitrogens with zero attached hydrogens (tertiary/aromatic N) is 1. The van der Waals surface area contributed by atoms with Crippen LogP contribution in [-0.2, 0) is 16.0 Å². The SMILES string of the molecule is CCN(CCc1c[nH]c2c(OC(CC=O)CCC(=O)O)cccc12)C(C)C. The van der Waals surface area contributed by atoms with Crippen LogP contribution < -0.4 is 4.74 Å². The molecule has 0 saturated heterocycles. The van der Waals surface area contributed by atoms with Crippen molar-refractivity contribution in [3.63, 3.8) is 0 Å². The lowest BCUT2D eigenvalue weighted by molar-refractivity contribution is -0.137. The zero-order valence-corrected chi connectivity index (χ0v) is 16.4. The van der Waals surface area contributed by atoms with Gasteiger partial charge in [0, 0.05) is 37.0 Å². The van der Waals surface area contributed by atoms with E-state index in [2.05, 4.69) is 36.7 Å². The highest BCUT2D eigenvalue weighted by Crippen LogP contribution is 2.29. The Morgan fingerprint density at radius 1 is 1.37 bits per heavy atom. The van der Waals surface area contributed by atoms with Crippen molar-refractivity contribution in [1.82, 2.24) is 9.88 Å². The third kappa shape index (κ3) is 5.82. The average Bonchev–Trinajstić information content (AvgIpc) is 3.04. The highest BCUT2D eigenvalue weighted by molar-refractivity contribution is 5.88. The summed E-state index contributed by atoms with van der Waals surface area (Å²) >= 11 is 0. The number of carboxylic acids is 1. The van der Waals surface area contributed by atoms with Crippen LogP contribution >= 0.6 is 0 Å². The molecule has 0 bridgehead atoms. The van der Waals surface area contributed by atoms with Gasteiger partial charge in [0.15, 0.2) is 0 Å². The zero-order chi connectivity index (χ0) is 19.8. The molecule has 0 spiro atoms. The van der Waals surface area contributed by atoms with E-state index in [4.69, 9.17) is 9.84 Å². The molecule has 2 N–H and O–H groups in total. The average molecular weight is 374 g/mol. The van der Waals surface area contributed by atoms with Crippen molar-refractivity contribution in [2.24, 2.45) is 0 Å². The van der Waals surface area contributed by atoms with Crippen LogP contribution in [0.3, 0.4) is 0 Å². The Morgan fingerprint density at radius 2 is 2.15 bits per heavy atom. The molecule has 148 valence electrons. The molecule has 0 radical (unpaired) electrons. The van der Waals surface area contributed by atoms with Crippen LogP contribution in [0.15, 0.2) is 24.4 Å². The number of ether oxygens (including phenoxy) is 1. The fourth-order valence-electron chi connectivity index (χ4n) is 3.33. The Bertz CT molecular complexity index is 754. The quantitative estimate of drug-likeness (QED) is 0.554. The summed E-state index contributed by atoms with van der Waals surface area (Å²) in [7, 11) is 0. The Labute approximate surface area is 160 Å². The first-order valence-electron chi connectivity index (χ1n) is 9.61. The van der Waals surface area contributed by atoms with Gasteiger partial charge < -0.3 is 24.5 Å². The molecule has 0 amide bonds. The van der Waals surface area contributed by atoms with Crippen LogP contribution in [-0.4, -0.2) is 52.5 Å². The van der Waals surface area contributed by atoms with Crippen molar-refractivity contribution < 1.29 is 19.4 Å². The highest BCUT2D eigenvalue weighted by atomic mass is 16.5. The van der Waals surface area contributed by atoms with Crippen LogP contribution in [0.2, 0.25) is 0 Å². The van der Waals surface area contributed by atoms with Gasteiger partial charge >= 0.3 is 5.97 Å². The summed E-state index contributed by atoms with van der Waals surface area (Å²) in [6.45, 7) is 8.58. The van der Waals surface area contributed by atoms with E-state index in [1.54, 1.807) is 0 Å². The molecule has 1 aromatic heterocycles. The number of rotatable bonds is 12. The van der Waals surface area contributed by atoms with Gasteiger partial charge in [-0.15, -0.1) is 0 Å². The lowest BCUT2D eigenvalue weighted by Gasteiger charge is -2.24. The maximum absolute atomic E-state index is 10.9. The number of hydrogen-bond donors (Lipinski definition) is 2. The maximum Gasteiger partial charge on any atom is 0.303 e. The van der Waals surface area contributed by atoms with E-state index >= 15 is 0 Å². The normalized spacial score (nSPS) is 12.6. The molecule has 1 unspecified atom stereocenters. The first-order valence-corrected chi connectivity index (χ1v) is 9.61. The van der Waals surface area contributed by atoms with Crippen molar-refractivity contribution >= 4 is 23.2 Å². The number of carboxylic acid groups (broad SMARTS) is 1.